The first-order valence-electron chi connectivity index (χ1n) is 12.5. The lowest BCUT2D eigenvalue weighted by Crippen LogP contribution is -2.34. The van der Waals surface area contributed by atoms with Crippen molar-refractivity contribution in [1.29, 1.82) is 0 Å². The highest BCUT2D eigenvalue weighted by Gasteiger charge is 2.19. The zero-order valence-electron chi connectivity index (χ0n) is 21.2. The average molecular weight is 480 g/mol. The molecule has 1 aliphatic heterocycles. The molecule has 1 aromatic heterocycles. The molecule has 0 atom stereocenters. The molecule has 1 aliphatic rings. The summed E-state index contributed by atoms with van der Waals surface area (Å²) in [6.45, 7) is 7.80. The number of nitrogens with one attached hydrogen (secondary N) is 2. The highest BCUT2D eigenvalue weighted by molar-refractivity contribution is 5.83. The minimum Gasteiger partial charge on any atom is -0.497 e. The summed E-state index contributed by atoms with van der Waals surface area (Å²) >= 11 is 0. The maximum Gasteiger partial charge on any atom is 0.261 e. The Kier molecular flexibility index (Phi) is 8.25. The molecule has 0 radical (unpaired) electrons. The van der Waals surface area contributed by atoms with Crippen LogP contribution in [-0.4, -0.2) is 56.0 Å². The van der Waals surface area contributed by atoms with E-state index in [1.54, 1.807) is 20.5 Å². The van der Waals surface area contributed by atoms with Crippen LogP contribution < -0.4 is 30.6 Å². The lowest BCUT2D eigenvalue weighted by Gasteiger charge is -2.27. The van der Waals surface area contributed by atoms with E-state index in [-0.39, 0.29) is 11.6 Å². The molecule has 1 fully saturated rings. The predicted molar refractivity (Wildman–Crippen MR) is 141 cm³/mol. The van der Waals surface area contributed by atoms with Crippen LogP contribution in [-0.2, 0) is 0 Å². The van der Waals surface area contributed by atoms with Gasteiger partial charge in [-0.25, -0.2) is 4.98 Å². The normalized spacial score (nSPS) is 14.4. The van der Waals surface area contributed by atoms with Gasteiger partial charge in [0.05, 0.1) is 31.4 Å². The molecule has 8 nitrogen and oxygen atoms in total. The van der Waals surface area contributed by atoms with E-state index in [9.17, 15) is 4.79 Å². The lowest BCUT2D eigenvalue weighted by molar-refractivity contribution is 0.359. The molecule has 0 bridgehead atoms. The summed E-state index contributed by atoms with van der Waals surface area (Å²) in [7, 11) is 3.31. The summed E-state index contributed by atoms with van der Waals surface area (Å²) in [6.07, 6.45) is 4.52. The molecular weight excluding hydrogens is 442 g/mol. The number of hydrogen-bond acceptors (Lipinski definition) is 7. The molecule has 0 unspecified atom stereocenters. The molecule has 3 aromatic rings. The number of aromatic nitrogens is 2. The van der Waals surface area contributed by atoms with E-state index < -0.39 is 0 Å². The van der Waals surface area contributed by atoms with Gasteiger partial charge in [-0.3, -0.25) is 9.36 Å². The molecule has 2 N–H and O–H groups in total. The van der Waals surface area contributed by atoms with Gasteiger partial charge in [0.25, 0.3) is 5.56 Å². The quantitative estimate of drug-likeness (QED) is 0.427. The molecular formula is C27H37N5O3. The van der Waals surface area contributed by atoms with E-state index in [1.807, 2.05) is 41.0 Å². The number of benzene rings is 2. The standard InChI is InChI=1S/C27H37N5O3/c1-19(2)29-10-5-13-31(22-14-23(34-3)17-24(15-22)35-4)21-6-7-26-25(16-21)27(33)32(18-30-26)20-8-11-28-12-9-20/h6-7,14-20,28-29H,5,8-13H2,1-4H3. The summed E-state index contributed by atoms with van der Waals surface area (Å²) < 4.78 is 12.9. The van der Waals surface area contributed by atoms with E-state index >= 15 is 0 Å². The first kappa shape index (κ1) is 25.0. The number of piperidine rings is 1. The summed E-state index contributed by atoms with van der Waals surface area (Å²) in [5, 5.41) is 7.49. The van der Waals surface area contributed by atoms with E-state index in [1.165, 1.54) is 0 Å². The summed E-state index contributed by atoms with van der Waals surface area (Å²) in [5.74, 6) is 1.45. The van der Waals surface area contributed by atoms with Crippen LogP contribution in [0, 0.1) is 0 Å². The van der Waals surface area contributed by atoms with Gasteiger partial charge in [-0.1, -0.05) is 13.8 Å². The third kappa shape index (κ3) is 5.94. The Morgan fingerprint density at radius 3 is 2.46 bits per heavy atom. The van der Waals surface area contributed by atoms with Crippen molar-refractivity contribution >= 4 is 22.3 Å². The Balaban J connectivity index is 1.74. The number of fused-ring (bicyclic) bond motifs is 1. The summed E-state index contributed by atoms with van der Waals surface area (Å²) in [5.41, 5.74) is 2.63. The van der Waals surface area contributed by atoms with Crippen molar-refractivity contribution in [2.45, 2.75) is 45.2 Å². The molecule has 8 heteroatoms. The zero-order chi connectivity index (χ0) is 24.8. The van der Waals surface area contributed by atoms with Crippen molar-refractivity contribution in [3.8, 4) is 11.5 Å². The van der Waals surface area contributed by atoms with Gasteiger partial charge in [-0.05, 0) is 57.1 Å². The first-order chi connectivity index (χ1) is 17.0. The predicted octanol–water partition coefficient (Wildman–Crippen LogP) is 3.86. The van der Waals surface area contributed by atoms with Crippen LogP contribution in [0.5, 0.6) is 11.5 Å². The van der Waals surface area contributed by atoms with Gasteiger partial charge < -0.3 is 25.0 Å². The van der Waals surface area contributed by atoms with Crippen LogP contribution in [0.25, 0.3) is 10.9 Å². The fourth-order valence-corrected chi connectivity index (χ4v) is 4.62. The lowest BCUT2D eigenvalue weighted by atomic mass is 10.1. The Labute approximate surface area is 207 Å². The number of anilines is 2. The number of hydrogen-bond donors (Lipinski definition) is 2. The molecule has 0 aliphatic carbocycles. The second-order valence-corrected chi connectivity index (χ2v) is 9.32. The summed E-state index contributed by atoms with van der Waals surface area (Å²) in [4.78, 5) is 20.3. The second kappa shape index (κ2) is 11.6. The molecule has 2 heterocycles. The van der Waals surface area contributed by atoms with E-state index in [0.717, 1.165) is 68.3 Å². The monoisotopic (exact) mass is 479 g/mol. The number of rotatable bonds is 10. The SMILES string of the molecule is COc1cc(OC)cc(N(CCCNC(C)C)c2ccc3ncn(C4CCNCC4)c(=O)c3c2)c1. The fourth-order valence-electron chi connectivity index (χ4n) is 4.62. The smallest absolute Gasteiger partial charge is 0.261 e. The highest BCUT2D eigenvalue weighted by atomic mass is 16.5. The molecule has 4 rings (SSSR count). The molecule has 0 amide bonds. The molecule has 2 aromatic carbocycles. The van der Waals surface area contributed by atoms with Crippen LogP contribution in [0.4, 0.5) is 11.4 Å². The molecule has 0 saturated carbocycles. The Morgan fingerprint density at radius 2 is 1.80 bits per heavy atom. The van der Waals surface area contributed by atoms with Gasteiger partial charge >= 0.3 is 0 Å². The van der Waals surface area contributed by atoms with Crippen LogP contribution in [0.2, 0.25) is 0 Å². The van der Waals surface area contributed by atoms with Crippen molar-refractivity contribution in [3.63, 3.8) is 0 Å². The van der Waals surface area contributed by atoms with Gasteiger partial charge in [-0.2, -0.15) is 0 Å². The van der Waals surface area contributed by atoms with E-state index in [2.05, 4.69) is 34.4 Å². The van der Waals surface area contributed by atoms with Crippen LogP contribution in [0.3, 0.4) is 0 Å². The van der Waals surface area contributed by atoms with Crippen LogP contribution in [0.15, 0.2) is 47.5 Å². The highest BCUT2D eigenvalue weighted by Crippen LogP contribution is 2.34. The topological polar surface area (TPSA) is 80.7 Å². The first-order valence-corrected chi connectivity index (χ1v) is 12.5. The maximum atomic E-state index is 13.5. The van der Waals surface area contributed by atoms with E-state index in [4.69, 9.17) is 9.47 Å². The van der Waals surface area contributed by atoms with Gasteiger partial charge in [0.2, 0.25) is 0 Å². The zero-order valence-corrected chi connectivity index (χ0v) is 21.2. The van der Waals surface area contributed by atoms with Crippen LogP contribution in [0.1, 0.15) is 39.2 Å². The van der Waals surface area contributed by atoms with Crippen molar-refractivity contribution in [3.05, 3.63) is 53.1 Å². The third-order valence-corrected chi connectivity index (χ3v) is 6.54. The van der Waals surface area contributed by atoms with Gasteiger partial charge in [0.15, 0.2) is 0 Å². The summed E-state index contributed by atoms with van der Waals surface area (Å²) in [6, 6.07) is 12.4. The number of ether oxygens (including phenoxy) is 2. The van der Waals surface area contributed by atoms with Crippen molar-refractivity contribution in [2.75, 3.05) is 45.3 Å². The average Bonchev–Trinajstić information content (AvgIpc) is 2.89. The van der Waals surface area contributed by atoms with Crippen molar-refractivity contribution in [2.24, 2.45) is 0 Å². The van der Waals surface area contributed by atoms with Gasteiger partial charge in [-0.15, -0.1) is 0 Å². The molecule has 1 saturated heterocycles. The van der Waals surface area contributed by atoms with Gasteiger partial charge in [0, 0.05) is 48.2 Å². The van der Waals surface area contributed by atoms with Crippen LogP contribution >= 0.6 is 0 Å². The largest absolute Gasteiger partial charge is 0.497 e. The number of methoxy groups -OCH3 is 2. The molecule has 0 spiro atoms. The van der Waals surface area contributed by atoms with E-state index in [0.29, 0.717) is 16.9 Å². The van der Waals surface area contributed by atoms with Crippen molar-refractivity contribution in [1.82, 2.24) is 20.2 Å². The van der Waals surface area contributed by atoms with Gasteiger partial charge in [0.1, 0.15) is 11.5 Å². The minimum atomic E-state index is 0.0217. The minimum absolute atomic E-state index is 0.0217. The number of nitrogens with zero attached hydrogens (tertiary/aromatic N) is 3. The Hall–Kier alpha value is -3.10. The Morgan fingerprint density at radius 1 is 1.09 bits per heavy atom. The molecule has 35 heavy (non-hydrogen) atoms. The second-order valence-electron chi connectivity index (χ2n) is 9.32. The third-order valence-electron chi connectivity index (χ3n) is 6.54. The fraction of sp³-hybridized carbons (Fsp3) is 0.481. The maximum absolute atomic E-state index is 13.5. The molecule has 188 valence electrons. The Bertz CT molecular complexity index is 1160. The van der Waals surface area contributed by atoms with Crippen molar-refractivity contribution < 1.29 is 9.47 Å².